The number of hydrogen-bond donors (Lipinski definition) is 2. The van der Waals surface area contributed by atoms with E-state index >= 15 is 0 Å². The molecule has 0 spiro atoms. The van der Waals surface area contributed by atoms with Gasteiger partial charge in [-0.1, -0.05) is 13.8 Å². The van der Waals surface area contributed by atoms with E-state index in [4.69, 9.17) is 0 Å². The third-order valence-electron chi connectivity index (χ3n) is 2.46. The first-order chi connectivity index (χ1) is 8.47. The number of sulfonamides is 1. The lowest BCUT2D eigenvalue weighted by Gasteiger charge is -2.12. The summed E-state index contributed by atoms with van der Waals surface area (Å²) in [5.41, 5.74) is 0.588. The van der Waals surface area contributed by atoms with Crippen LogP contribution in [0.5, 0.6) is 0 Å². The van der Waals surface area contributed by atoms with Crippen molar-refractivity contribution in [2.75, 3.05) is 18.4 Å². The van der Waals surface area contributed by atoms with Gasteiger partial charge in [-0.25, -0.2) is 13.1 Å². The van der Waals surface area contributed by atoms with E-state index in [1.165, 1.54) is 6.20 Å². The molecule has 0 radical (unpaired) electrons. The molecular weight excluding hydrogens is 250 g/mol. The standard InChI is InChI=1S/C12H21N3O2S/c1-4-14-11-6-7-13-9-12(11)18(16,17)15-8-5-10(2)3/h6-7,9-10,15H,4-5,8H2,1-3H3,(H,13,14). The Hall–Kier alpha value is -1.14. The molecule has 0 aliphatic carbocycles. The molecule has 0 amide bonds. The van der Waals surface area contributed by atoms with Crippen molar-refractivity contribution in [2.45, 2.75) is 32.1 Å². The van der Waals surface area contributed by atoms with Gasteiger partial charge < -0.3 is 5.32 Å². The van der Waals surface area contributed by atoms with E-state index in [1.807, 2.05) is 6.92 Å². The molecule has 0 bridgehead atoms. The first-order valence-corrected chi connectivity index (χ1v) is 7.63. The van der Waals surface area contributed by atoms with Gasteiger partial charge in [0.15, 0.2) is 0 Å². The highest BCUT2D eigenvalue weighted by Gasteiger charge is 2.18. The zero-order chi connectivity index (χ0) is 13.6. The van der Waals surface area contributed by atoms with Crippen LogP contribution in [0.25, 0.3) is 0 Å². The summed E-state index contributed by atoms with van der Waals surface area (Å²) in [4.78, 5) is 4.08. The van der Waals surface area contributed by atoms with Crippen molar-refractivity contribution in [3.05, 3.63) is 18.5 Å². The number of rotatable bonds is 7. The van der Waals surface area contributed by atoms with Gasteiger partial charge in [0.2, 0.25) is 10.0 Å². The summed E-state index contributed by atoms with van der Waals surface area (Å²) in [6, 6.07) is 1.67. The molecule has 6 heteroatoms. The van der Waals surface area contributed by atoms with E-state index in [0.717, 1.165) is 6.42 Å². The first-order valence-electron chi connectivity index (χ1n) is 6.15. The zero-order valence-electron chi connectivity index (χ0n) is 11.1. The summed E-state index contributed by atoms with van der Waals surface area (Å²) in [5.74, 6) is 0.467. The summed E-state index contributed by atoms with van der Waals surface area (Å²) in [5, 5.41) is 3.02. The predicted octanol–water partition coefficient (Wildman–Crippen LogP) is 1.84. The predicted molar refractivity (Wildman–Crippen MR) is 73.0 cm³/mol. The molecular formula is C12H21N3O2S. The minimum Gasteiger partial charge on any atom is -0.384 e. The van der Waals surface area contributed by atoms with Gasteiger partial charge in [-0.3, -0.25) is 4.98 Å². The number of aromatic nitrogens is 1. The summed E-state index contributed by atoms with van der Waals surface area (Å²) in [6.45, 7) is 7.15. The van der Waals surface area contributed by atoms with Crippen molar-refractivity contribution in [3.8, 4) is 0 Å². The van der Waals surface area contributed by atoms with E-state index in [9.17, 15) is 8.42 Å². The van der Waals surface area contributed by atoms with Crippen LogP contribution in [0.1, 0.15) is 27.2 Å². The number of anilines is 1. The normalized spacial score (nSPS) is 11.8. The highest BCUT2D eigenvalue weighted by atomic mass is 32.2. The Bertz CT molecular complexity index is 472. The molecule has 0 saturated heterocycles. The minimum absolute atomic E-state index is 0.204. The molecule has 0 fully saturated rings. The quantitative estimate of drug-likeness (QED) is 0.794. The molecule has 2 N–H and O–H groups in total. The molecule has 1 aromatic rings. The number of nitrogens with zero attached hydrogens (tertiary/aromatic N) is 1. The summed E-state index contributed by atoms with van der Waals surface area (Å²) < 4.78 is 26.8. The maximum absolute atomic E-state index is 12.1. The maximum atomic E-state index is 12.1. The molecule has 0 saturated carbocycles. The second-order valence-electron chi connectivity index (χ2n) is 4.48. The number of pyridine rings is 1. The molecule has 0 unspecified atom stereocenters. The number of hydrogen-bond acceptors (Lipinski definition) is 4. The van der Waals surface area contributed by atoms with Gasteiger partial charge in [-0.2, -0.15) is 0 Å². The number of nitrogens with one attached hydrogen (secondary N) is 2. The van der Waals surface area contributed by atoms with Crippen molar-refractivity contribution in [1.82, 2.24) is 9.71 Å². The van der Waals surface area contributed by atoms with Gasteiger partial charge in [0, 0.05) is 25.5 Å². The highest BCUT2D eigenvalue weighted by Crippen LogP contribution is 2.19. The van der Waals surface area contributed by atoms with Crippen LogP contribution in [0.15, 0.2) is 23.4 Å². The molecule has 1 aromatic heterocycles. The van der Waals surface area contributed by atoms with Crippen molar-refractivity contribution in [3.63, 3.8) is 0 Å². The van der Waals surface area contributed by atoms with Crippen LogP contribution in [-0.2, 0) is 10.0 Å². The Morgan fingerprint density at radius 2 is 2.11 bits per heavy atom. The maximum Gasteiger partial charge on any atom is 0.244 e. The Labute approximate surface area is 109 Å². The Kier molecular flexibility index (Phi) is 5.55. The SMILES string of the molecule is CCNc1ccncc1S(=O)(=O)NCCC(C)C. The van der Waals surface area contributed by atoms with E-state index in [-0.39, 0.29) is 4.90 Å². The van der Waals surface area contributed by atoms with Gasteiger partial charge in [-0.15, -0.1) is 0 Å². The topological polar surface area (TPSA) is 71.1 Å². The molecule has 1 heterocycles. The van der Waals surface area contributed by atoms with Crippen LogP contribution in [-0.4, -0.2) is 26.5 Å². The average molecular weight is 271 g/mol. The molecule has 0 aliphatic rings. The molecule has 0 aromatic carbocycles. The van der Waals surface area contributed by atoms with E-state index in [2.05, 4.69) is 28.9 Å². The van der Waals surface area contributed by atoms with Crippen molar-refractivity contribution >= 4 is 15.7 Å². The molecule has 18 heavy (non-hydrogen) atoms. The fourth-order valence-electron chi connectivity index (χ4n) is 1.49. The smallest absolute Gasteiger partial charge is 0.244 e. The fourth-order valence-corrected chi connectivity index (χ4v) is 2.66. The van der Waals surface area contributed by atoms with Crippen LogP contribution < -0.4 is 10.0 Å². The van der Waals surface area contributed by atoms with Crippen LogP contribution >= 0.6 is 0 Å². The lowest BCUT2D eigenvalue weighted by molar-refractivity contribution is 0.551. The summed E-state index contributed by atoms with van der Waals surface area (Å²) >= 11 is 0. The first kappa shape index (κ1) is 14.9. The largest absolute Gasteiger partial charge is 0.384 e. The Morgan fingerprint density at radius 1 is 1.39 bits per heavy atom. The van der Waals surface area contributed by atoms with E-state index in [0.29, 0.717) is 24.7 Å². The molecule has 102 valence electrons. The van der Waals surface area contributed by atoms with Crippen LogP contribution in [0.2, 0.25) is 0 Å². The van der Waals surface area contributed by atoms with E-state index < -0.39 is 10.0 Å². The zero-order valence-corrected chi connectivity index (χ0v) is 11.9. The molecule has 0 atom stereocenters. The fraction of sp³-hybridized carbons (Fsp3) is 0.583. The highest BCUT2D eigenvalue weighted by molar-refractivity contribution is 7.89. The lowest BCUT2D eigenvalue weighted by Crippen LogP contribution is -2.26. The van der Waals surface area contributed by atoms with Crippen molar-refractivity contribution in [1.29, 1.82) is 0 Å². The van der Waals surface area contributed by atoms with Crippen LogP contribution in [0.4, 0.5) is 5.69 Å². The second-order valence-corrected chi connectivity index (χ2v) is 6.22. The summed E-state index contributed by atoms with van der Waals surface area (Å²) in [6.07, 6.45) is 3.76. The lowest BCUT2D eigenvalue weighted by atomic mass is 10.1. The average Bonchev–Trinajstić information content (AvgIpc) is 2.29. The van der Waals surface area contributed by atoms with Gasteiger partial charge in [0.1, 0.15) is 4.90 Å². The van der Waals surface area contributed by atoms with Crippen molar-refractivity contribution < 1.29 is 8.42 Å². The van der Waals surface area contributed by atoms with Gasteiger partial charge in [0.05, 0.1) is 5.69 Å². The van der Waals surface area contributed by atoms with Crippen LogP contribution in [0, 0.1) is 5.92 Å². The van der Waals surface area contributed by atoms with Gasteiger partial charge in [-0.05, 0) is 25.3 Å². The van der Waals surface area contributed by atoms with Crippen LogP contribution in [0.3, 0.4) is 0 Å². The third-order valence-corrected chi connectivity index (χ3v) is 3.94. The second kappa shape index (κ2) is 6.70. The van der Waals surface area contributed by atoms with Gasteiger partial charge >= 0.3 is 0 Å². The monoisotopic (exact) mass is 271 g/mol. The van der Waals surface area contributed by atoms with Crippen molar-refractivity contribution in [2.24, 2.45) is 5.92 Å². The Balaban J connectivity index is 2.84. The van der Waals surface area contributed by atoms with Gasteiger partial charge in [0.25, 0.3) is 0 Å². The third kappa shape index (κ3) is 4.27. The molecule has 5 nitrogen and oxygen atoms in total. The summed E-state index contributed by atoms with van der Waals surface area (Å²) in [7, 11) is -3.48. The minimum atomic E-state index is -3.48. The Morgan fingerprint density at radius 3 is 2.72 bits per heavy atom. The van der Waals surface area contributed by atoms with E-state index in [1.54, 1.807) is 12.3 Å². The molecule has 1 rings (SSSR count). The molecule has 0 aliphatic heterocycles.